The Morgan fingerprint density at radius 3 is 2.75 bits per heavy atom. The van der Waals surface area contributed by atoms with E-state index in [1.807, 2.05) is 61.7 Å². The molecule has 0 bridgehead atoms. The van der Waals surface area contributed by atoms with Gasteiger partial charge in [0.2, 0.25) is 0 Å². The summed E-state index contributed by atoms with van der Waals surface area (Å²) in [5.74, 6) is 6.61. The summed E-state index contributed by atoms with van der Waals surface area (Å²) >= 11 is 3.47. The van der Waals surface area contributed by atoms with Gasteiger partial charge in [-0.3, -0.25) is 4.68 Å². The third kappa shape index (κ3) is 7.33. The highest BCUT2D eigenvalue weighted by Gasteiger charge is 2.06. The Hall–Kier alpha value is -3.50. The van der Waals surface area contributed by atoms with Gasteiger partial charge in [0.15, 0.2) is 6.61 Å². The summed E-state index contributed by atoms with van der Waals surface area (Å²) in [7, 11) is 0. The molecular formula is C25H23BrN2O4. The van der Waals surface area contributed by atoms with Crippen molar-refractivity contribution in [3.8, 4) is 23.3 Å². The standard InChI is InChI=1S/C25H23BrN2O4/c1-19-17-23(11-12-24(19)32-18-25(29)30)31-16-3-6-20(21-7-9-22(26)10-8-21)5-2-14-28-15-4-13-27-28/h3-4,6-13,15,17,20H,14,16,18H2,1H3,(H,29,30)/b6-3-. The molecule has 1 atom stereocenters. The van der Waals surface area contributed by atoms with Gasteiger partial charge in [0.1, 0.15) is 24.7 Å². The van der Waals surface area contributed by atoms with Crippen molar-refractivity contribution in [2.24, 2.45) is 0 Å². The smallest absolute Gasteiger partial charge is 0.341 e. The highest BCUT2D eigenvalue weighted by molar-refractivity contribution is 9.10. The van der Waals surface area contributed by atoms with Crippen LogP contribution in [0.5, 0.6) is 11.5 Å². The minimum atomic E-state index is -1.01. The van der Waals surface area contributed by atoms with Gasteiger partial charge in [-0.15, -0.1) is 0 Å². The number of halogens is 1. The Balaban J connectivity index is 1.62. The number of hydrogen-bond donors (Lipinski definition) is 1. The van der Waals surface area contributed by atoms with Crippen LogP contribution in [0.15, 0.2) is 77.5 Å². The first-order valence-electron chi connectivity index (χ1n) is 9.97. The van der Waals surface area contributed by atoms with Crippen molar-refractivity contribution in [3.63, 3.8) is 0 Å². The number of carboxylic acids is 1. The molecular weight excluding hydrogens is 472 g/mol. The van der Waals surface area contributed by atoms with E-state index in [1.54, 1.807) is 23.0 Å². The fourth-order valence-corrected chi connectivity index (χ4v) is 3.16. The fraction of sp³-hybridized carbons (Fsp3) is 0.200. The monoisotopic (exact) mass is 494 g/mol. The molecule has 7 heteroatoms. The van der Waals surface area contributed by atoms with Crippen LogP contribution >= 0.6 is 15.9 Å². The highest BCUT2D eigenvalue weighted by Crippen LogP contribution is 2.24. The van der Waals surface area contributed by atoms with Crippen molar-refractivity contribution in [1.82, 2.24) is 9.78 Å². The molecule has 6 nitrogen and oxygen atoms in total. The normalized spacial score (nSPS) is 11.6. The maximum atomic E-state index is 10.7. The molecule has 0 radical (unpaired) electrons. The third-order valence-corrected chi connectivity index (χ3v) is 4.99. The van der Waals surface area contributed by atoms with E-state index < -0.39 is 5.97 Å². The summed E-state index contributed by atoms with van der Waals surface area (Å²) in [6.45, 7) is 2.38. The summed E-state index contributed by atoms with van der Waals surface area (Å²) in [4.78, 5) is 10.7. The topological polar surface area (TPSA) is 73.6 Å². The summed E-state index contributed by atoms with van der Waals surface area (Å²) in [5, 5.41) is 12.9. The maximum Gasteiger partial charge on any atom is 0.341 e. The largest absolute Gasteiger partial charge is 0.490 e. The van der Waals surface area contributed by atoms with Crippen LogP contribution < -0.4 is 9.47 Å². The number of benzene rings is 2. The van der Waals surface area contributed by atoms with E-state index >= 15 is 0 Å². The highest BCUT2D eigenvalue weighted by atomic mass is 79.9. The Morgan fingerprint density at radius 2 is 2.06 bits per heavy atom. The molecule has 0 spiro atoms. The van der Waals surface area contributed by atoms with E-state index in [0.717, 1.165) is 15.6 Å². The number of carboxylic acid groups (broad SMARTS) is 1. The second-order valence-corrected chi connectivity index (χ2v) is 7.82. The van der Waals surface area contributed by atoms with Crippen LogP contribution in [0.4, 0.5) is 0 Å². The molecule has 1 unspecified atom stereocenters. The second-order valence-electron chi connectivity index (χ2n) is 6.90. The average Bonchev–Trinajstić information content (AvgIpc) is 3.29. The summed E-state index contributed by atoms with van der Waals surface area (Å²) < 4.78 is 13.8. The van der Waals surface area contributed by atoms with Crippen molar-refractivity contribution in [2.45, 2.75) is 19.4 Å². The molecule has 3 rings (SSSR count). The number of aliphatic carboxylic acids is 1. The quantitative estimate of drug-likeness (QED) is 0.340. The van der Waals surface area contributed by atoms with Crippen LogP contribution in [0, 0.1) is 18.8 Å². The Bertz CT molecular complexity index is 1110. The number of hydrogen-bond acceptors (Lipinski definition) is 4. The van der Waals surface area contributed by atoms with Crippen LogP contribution in [-0.2, 0) is 11.3 Å². The van der Waals surface area contributed by atoms with E-state index in [2.05, 4.69) is 32.9 Å². The number of aryl methyl sites for hydroxylation is 1. The van der Waals surface area contributed by atoms with Crippen molar-refractivity contribution >= 4 is 21.9 Å². The van der Waals surface area contributed by atoms with Crippen LogP contribution in [0.25, 0.3) is 0 Å². The van der Waals surface area contributed by atoms with Gasteiger partial charge in [-0.2, -0.15) is 5.10 Å². The number of carbonyl (C=O) groups is 1. The number of rotatable bonds is 9. The number of aromatic nitrogens is 2. The molecule has 1 heterocycles. The maximum absolute atomic E-state index is 10.7. The van der Waals surface area contributed by atoms with E-state index in [-0.39, 0.29) is 12.5 Å². The zero-order valence-corrected chi connectivity index (χ0v) is 19.2. The second kappa shape index (κ2) is 11.8. The minimum Gasteiger partial charge on any atom is -0.490 e. The van der Waals surface area contributed by atoms with Crippen LogP contribution in [0.1, 0.15) is 17.0 Å². The first kappa shape index (κ1) is 23.2. The SMILES string of the molecule is Cc1cc(OC/C=C\C(C#CCn2cccn2)c2ccc(Br)cc2)ccc1OCC(=O)O. The van der Waals surface area contributed by atoms with Crippen LogP contribution in [0.2, 0.25) is 0 Å². The first-order valence-corrected chi connectivity index (χ1v) is 10.8. The molecule has 0 saturated carbocycles. The summed E-state index contributed by atoms with van der Waals surface area (Å²) in [5.41, 5.74) is 1.90. The van der Waals surface area contributed by atoms with E-state index in [4.69, 9.17) is 14.6 Å². The van der Waals surface area contributed by atoms with E-state index in [1.165, 1.54) is 0 Å². The van der Waals surface area contributed by atoms with Gasteiger partial charge in [-0.1, -0.05) is 46.0 Å². The molecule has 0 aliphatic rings. The molecule has 1 aromatic heterocycles. The predicted molar refractivity (Wildman–Crippen MR) is 126 cm³/mol. The predicted octanol–water partition coefficient (Wildman–Crippen LogP) is 4.84. The lowest BCUT2D eigenvalue weighted by atomic mass is 9.99. The van der Waals surface area contributed by atoms with Gasteiger partial charge in [0, 0.05) is 16.9 Å². The number of allylic oxidation sites excluding steroid dienone is 1. The van der Waals surface area contributed by atoms with Gasteiger partial charge in [-0.05, 0) is 60.5 Å². The van der Waals surface area contributed by atoms with Gasteiger partial charge in [0.05, 0.1) is 5.92 Å². The Labute approximate surface area is 195 Å². The van der Waals surface area contributed by atoms with E-state index in [9.17, 15) is 4.79 Å². The zero-order valence-electron chi connectivity index (χ0n) is 17.6. The van der Waals surface area contributed by atoms with Crippen molar-refractivity contribution in [1.29, 1.82) is 0 Å². The number of nitrogens with zero attached hydrogens (tertiary/aromatic N) is 2. The molecule has 0 fully saturated rings. The average molecular weight is 495 g/mol. The van der Waals surface area contributed by atoms with Crippen LogP contribution in [-0.4, -0.2) is 34.1 Å². The van der Waals surface area contributed by atoms with Crippen molar-refractivity contribution < 1.29 is 19.4 Å². The lowest BCUT2D eigenvalue weighted by Gasteiger charge is -2.10. The summed E-state index contributed by atoms with van der Waals surface area (Å²) in [6, 6.07) is 15.2. The molecule has 0 amide bonds. The molecule has 0 aliphatic heterocycles. The van der Waals surface area contributed by atoms with Crippen LogP contribution in [0.3, 0.4) is 0 Å². The zero-order chi connectivity index (χ0) is 22.8. The molecule has 32 heavy (non-hydrogen) atoms. The fourth-order valence-electron chi connectivity index (χ4n) is 2.89. The number of ether oxygens (including phenoxy) is 2. The van der Waals surface area contributed by atoms with Gasteiger partial charge >= 0.3 is 5.97 Å². The lowest BCUT2D eigenvalue weighted by Crippen LogP contribution is -2.10. The summed E-state index contributed by atoms with van der Waals surface area (Å²) in [6.07, 6.45) is 7.58. The Kier molecular flexibility index (Phi) is 8.52. The molecule has 164 valence electrons. The van der Waals surface area contributed by atoms with E-state index in [0.29, 0.717) is 24.7 Å². The van der Waals surface area contributed by atoms with Gasteiger partial charge < -0.3 is 14.6 Å². The molecule has 0 aliphatic carbocycles. The van der Waals surface area contributed by atoms with Gasteiger partial charge in [0.25, 0.3) is 0 Å². The lowest BCUT2D eigenvalue weighted by molar-refractivity contribution is -0.139. The molecule has 3 aromatic rings. The minimum absolute atomic E-state index is 0.0733. The first-order chi connectivity index (χ1) is 15.5. The van der Waals surface area contributed by atoms with Crippen molar-refractivity contribution in [3.05, 3.63) is 88.7 Å². The Morgan fingerprint density at radius 1 is 1.25 bits per heavy atom. The molecule has 0 saturated heterocycles. The van der Waals surface area contributed by atoms with Crippen molar-refractivity contribution in [2.75, 3.05) is 13.2 Å². The third-order valence-electron chi connectivity index (χ3n) is 4.46. The molecule has 1 N–H and O–H groups in total. The van der Waals surface area contributed by atoms with Gasteiger partial charge in [-0.25, -0.2) is 4.79 Å². The molecule has 2 aromatic carbocycles.